The van der Waals surface area contributed by atoms with E-state index in [1.54, 1.807) is 0 Å². The van der Waals surface area contributed by atoms with Gasteiger partial charge in [-0.3, -0.25) is 4.79 Å². The van der Waals surface area contributed by atoms with Gasteiger partial charge in [-0.2, -0.15) is 0 Å². The fourth-order valence-electron chi connectivity index (χ4n) is 3.05. The van der Waals surface area contributed by atoms with Crippen LogP contribution in [0.25, 0.3) is 0 Å². The molecule has 2 heterocycles. The minimum Gasteiger partial charge on any atom is -0.346 e. The van der Waals surface area contributed by atoms with Crippen LogP contribution in [-0.4, -0.2) is 29.1 Å². The molecule has 0 bridgehead atoms. The van der Waals surface area contributed by atoms with E-state index in [0.717, 1.165) is 25.1 Å². The van der Waals surface area contributed by atoms with Crippen molar-refractivity contribution in [2.75, 3.05) is 6.54 Å². The minimum absolute atomic E-state index is 0.0810. The first-order chi connectivity index (χ1) is 9.25. The Balaban J connectivity index is 1.68. The van der Waals surface area contributed by atoms with E-state index in [9.17, 15) is 4.79 Å². The molecule has 1 aromatic rings. The predicted octanol–water partition coefficient (Wildman–Crippen LogP) is 2.08. The van der Waals surface area contributed by atoms with Crippen LogP contribution in [-0.2, 0) is 0 Å². The maximum atomic E-state index is 12.4. The van der Waals surface area contributed by atoms with Gasteiger partial charge in [0.15, 0.2) is 0 Å². The number of nitrogens with zero attached hydrogens (tertiary/aromatic N) is 1. The molecule has 1 saturated carbocycles. The van der Waals surface area contributed by atoms with Crippen molar-refractivity contribution in [2.45, 2.75) is 57.2 Å². The predicted molar refractivity (Wildman–Crippen MR) is 75.3 cm³/mol. The summed E-state index contributed by atoms with van der Waals surface area (Å²) in [5, 5.41) is 6.61. The van der Waals surface area contributed by atoms with Gasteiger partial charge in [-0.15, -0.1) is 0 Å². The molecule has 2 atom stereocenters. The summed E-state index contributed by atoms with van der Waals surface area (Å²) < 4.78 is 2.15. The molecule has 19 heavy (non-hydrogen) atoms. The summed E-state index contributed by atoms with van der Waals surface area (Å²) in [6, 6.07) is 5.08. The molecule has 104 valence electrons. The van der Waals surface area contributed by atoms with Crippen LogP contribution in [0.5, 0.6) is 0 Å². The van der Waals surface area contributed by atoms with Gasteiger partial charge < -0.3 is 15.2 Å². The van der Waals surface area contributed by atoms with E-state index in [-0.39, 0.29) is 11.9 Å². The smallest absolute Gasteiger partial charge is 0.268 e. The highest BCUT2D eigenvalue weighted by molar-refractivity contribution is 5.93. The maximum Gasteiger partial charge on any atom is 0.268 e. The van der Waals surface area contributed by atoms with Crippen molar-refractivity contribution in [3.05, 3.63) is 24.0 Å². The summed E-state index contributed by atoms with van der Waals surface area (Å²) in [5.41, 5.74) is 0.822. The van der Waals surface area contributed by atoms with Crippen molar-refractivity contribution >= 4 is 5.91 Å². The summed E-state index contributed by atoms with van der Waals surface area (Å²) in [5.74, 6) is 0.0810. The van der Waals surface area contributed by atoms with Crippen LogP contribution < -0.4 is 10.6 Å². The lowest BCUT2D eigenvalue weighted by molar-refractivity contribution is 0.0904. The number of aromatic nitrogens is 1. The molecule has 3 rings (SSSR count). The number of amides is 1. The molecule has 1 saturated heterocycles. The minimum atomic E-state index is 0.0810. The standard InChI is InChI=1S/C15H23N3O/c1-11-13(7-3-9-16-11)17-15(19)14-8-4-10-18(14)12-5-2-6-12/h4,8,10-13,16H,2-3,5-7,9H2,1H3,(H,17,19). The maximum absolute atomic E-state index is 12.4. The highest BCUT2D eigenvalue weighted by atomic mass is 16.2. The summed E-state index contributed by atoms with van der Waals surface area (Å²) in [6.45, 7) is 3.21. The molecule has 2 aliphatic rings. The first-order valence-corrected chi connectivity index (χ1v) is 7.47. The molecule has 0 spiro atoms. The molecule has 2 N–H and O–H groups in total. The second-order valence-electron chi connectivity index (χ2n) is 5.85. The molecule has 2 fully saturated rings. The van der Waals surface area contributed by atoms with Gasteiger partial charge in [-0.05, 0) is 57.7 Å². The van der Waals surface area contributed by atoms with E-state index in [4.69, 9.17) is 0 Å². The summed E-state index contributed by atoms with van der Waals surface area (Å²) in [7, 11) is 0. The van der Waals surface area contributed by atoms with Gasteiger partial charge in [0.25, 0.3) is 5.91 Å². The zero-order valence-corrected chi connectivity index (χ0v) is 11.6. The Labute approximate surface area is 114 Å². The Kier molecular flexibility index (Phi) is 3.60. The molecular formula is C15H23N3O. The van der Waals surface area contributed by atoms with E-state index >= 15 is 0 Å². The number of nitrogens with one attached hydrogen (secondary N) is 2. The average Bonchev–Trinajstić information content (AvgIpc) is 2.79. The van der Waals surface area contributed by atoms with Crippen LogP contribution in [0.4, 0.5) is 0 Å². The quantitative estimate of drug-likeness (QED) is 0.875. The van der Waals surface area contributed by atoms with Gasteiger partial charge in [-0.1, -0.05) is 0 Å². The second kappa shape index (κ2) is 5.37. The van der Waals surface area contributed by atoms with Gasteiger partial charge in [0.05, 0.1) is 0 Å². The molecule has 2 unspecified atom stereocenters. The van der Waals surface area contributed by atoms with E-state index in [1.165, 1.54) is 19.3 Å². The summed E-state index contributed by atoms with van der Waals surface area (Å²) in [4.78, 5) is 12.4. The molecule has 4 nitrogen and oxygen atoms in total. The van der Waals surface area contributed by atoms with Gasteiger partial charge >= 0.3 is 0 Å². The monoisotopic (exact) mass is 261 g/mol. The van der Waals surface area contributed by atoms with Crippen LogP contribution in [0.1, 0.15) is 55.6 Å². The third-order valence-electron chi connectivity index (χ3n) is 4.56. The van der Waals surface area contributed by atoms with E-state index < -0.39 is 0 Å². The fraction of sp³-hybridized carbons (Fsp3) is 0.667. The van der Waals surface area contributed by atoms with E-state index in [2.05, 4.69) is 22.1 Å². The number of piperidine rings is 1. The highest BCUT2D eigenvalue weighted by Crippen LogP contribution is 2.32. The molecule has 1 aliphatic carbocycles. The van der Waals surface area contributed by atoms with Gasteiger partial charge in [0.1, 0.15) is 5.69 Å². The molecular weight excluding hydrogens is 238 g/mol. The van der Waals surface area contributed by atoms with Crippen LogP contribution in [0, 0.1) is 0 Å². The van der Waals surface area contributed by atoms with Gasteiger partial charge in [0, 0.05) is 24.3 Å². The van der Waals surface area contributed by atoms with Crippen LogP contribution in [0.15, 0.2) is 18.3 Å². The number of hydrogen-bond acceptors (Lipinski definition) is 2. The first kappa shape index (κ1) is 12.7. The lowest BCUT2D eigenvalue weighted by atomic mass is 9.92. The SMILES string of the molecule is CC1NCCCC1NC(=O)c1cccn1C1CCC1. The highest BCUT2D eigenvalue weighted by Gasteiger charge is 2.26. The number of carbonyl (C=O) groups is 1. The Morgan fingerprint density at radius 3 is 2.89 bits per heavy atom. The Hall–Kier alpha value is -1.29. The first-order valence-electron chi connectivity index (χ1n) is 7.47. The molecule has 1 aromatic heterocycles. The summed E-state index contributed by atoms with van der Waals surface area (Å²) >= 11 is 0. The van der Waals surface area contributed by atoms with Crippen molar-refractivity contribution in [1.29, 1.82) is 0 Å². The zero-order chi connectivity index (χ0) is 13.2. The fourth-order valence-corrected chi connectivity index (χ4v) is 3.05. The van der Waals surface area contributed by atoms with Crippen LogP contribution >= 0.6 is 0 Å². The van der Waals surface area contributed by atoms with Gasteiger partial charge in [0.2, 0.25) is 0 Å². The van der Waals surface area contributed by atoms with Crippen molar-refractivity contribution in [3.63, 3.8) is 0 Å². The third-order valence-corrected chi connectivity index (χ3v) is 4.56. The van der Waals surface area contributed by atoms with Crippen molar-refractivity contribution < 1.29 is 4.79 Å². The normalized spacial score (nSPS) is 27.8. The largest absolute Gasteiger partial charge is 0.346 e. The average molecular weight is 261 g/mol. The topological polar surface area (TPSA) is 46.1 Å². The van der Waals surface area contributed by atoms with Crippen molar-refractivity contribution in [3.8, 4) is 0 Å². The Morgan fingerprint density at radius 2 is 2.21 bits per heavy atom. The van der Waals surface area contributed by atoms with E-state index in [1.807, 2.05) is 18.3 Å². The second-order valence-corrected chi connectivity index (χ2v) is 5.85. The Morgan fingerprint density at radius 1 is 1.37 bits per heavy atom. The molecule has 4 heteroatoms. The molecule has 1 aliphatic heterocycles. The van der Waals surface area contributed by atoms with Gasteiger partial charge in [-0.25, -0.2) is 0 Å². The number of rotatable bonds is 3. The molecule has 1 amide bonds. The lowest BCUT2D eigenvalue weighted by Gasteiger charge is -2.32. The third kappa shape index (κ3) is 2.54. The Bertz CT molecular complexity index is 450. The van der Waals surface area contributed by atoms with Crippen LogP contribution in [0.2, 0.25) is 0 Å². The zero-order valence-electron chi connectivity index (χ0n) is 11.6. The van der Waals surface area contributed by atoms with Crippen molar-refractivity contribution in [2.24, 2.45) is 0 Å². The summed E-state index contributed by atoms with van der Waals surface area (Å²) in [6.07, 6.45) is 7.95. The van der Waals surface area contributed by atoms with Crippen LogP contribution in [0.3, 0.4) is 0 Å². The number of carbonyl (C=O) groups excluding carboxylic acids is 1. The van der Waals surface area contributed by atoms with E-state index in [0.29, 0.717) is 12.1 Å². The number of hydrogen-bond donors (Lipinski definition) is 2. The molecule has 0 aromatic carbocycles. The lowest BCUT2D eigenvalue weighted by Crippen LogP contribution is -2.52. The van der Waals surface area contributed by atoms with Crippen molar-refractivity contribution in [1.82, 2.24) is 15.2 Å². The molecule has 0 radical (unpaired) electrons.